The lowest BCUT2D eigenvalue weighted by molar-refractivity contribution is 0.0803. The van der Waals surface area contributed by atoms with Gasteiger partial charge in [-0.15, -0.1) is 0 Å². The highest BCUT2D eigenvalue weighted by atomic mass is 79.9. The number of anilines is 1. The minimum atomic E-state index is 0.00451. The molecule has 0 bridgehead atoms. The van der Waals surface area contributed by atoms with Gasteiger partial charge in [-0.1, -0.05) is 36.7 Å². The molecule has 0 fully saturated rings. The molecule has 0 aliphatic heterocycles. The van der Waals surface area contributed by atoms with Gasteiger partial charge >= 0.3 is 0 Å². The van der Waals surface area contributed by atoms with Crippen LogP contribution >= 0.6 is 15.9 Å². The predicted octanol–water partition coefficient (Wildman–Crippen LogP) is 4.66. The molecular weight excluding hydrogens is 292 g/mol. The van der Waals surface area contributed by atoms with E-state index in [2.05, 4.69) is 28.2 Å². The van der Waals surface area contributed by atoms with E-state index < -0.39 is 0 Å². The lowest BCUT2D eigenvalue weighted by Gasteiger charge is -2.19. The largest absolute Gasteiger partial charge is 0.360 e. The van der Waals surface area contributed by atoms with E-state index in [1.165, 1.54) is 6.21 Å². The van der Waals surface area contributed by atoms with Crippen LogP contribution in [0.4, 0.5) is 5.69 Å². The summed E-state index contributed by atoms with van der Waals surface area (Å²) >= 11 is 3.39. The molecule has 3 nitrogen and oxygen atoms in total. The molecule has 0 spiro atoms. The zero-order valence-corrected chi connectivity index (χ0v) is 13.2. The van der Waals surface area contributed by atoms with E-state index >= 15 is 0 Å². The molecule has 1 unspecified atom stereocenters. The minimum Gasteiger partial charge on any atom is -0.360 e. The maximum atomic E-state index is 7.36. The van der Waals surface area contributed by atoms with Crippen LogP contribution in [0.2, 0.25) is 0 Å². The SMILES string of the molecule is CC.CCOC(CC)Nc1ccc(Br)cc1C=N. The molecule has 0 aliphatic rings. The van der Waals surface area contributed by atoms with Crippen molar-refractivity contribution in [3.8, 4) is 0 Å². The van der Waals surface area contributed by atoms with Crippen LogP contribution in [0.25, 0.3) is 0 Å². The fraction of sp³-hybridized carbons (Fsp3) is 0.500. The first-order valence-electron chi connectivity index (χ1n) is 6.39. The molecule has 4 heteroatoms. The second-order valence-corrected chi connectivity index (χ2v) is 4.29. The molecule has 1 aromatic carbocycles. The van der Waals surface area contributed by atoms with Gasteiger partial charge in [0.25, 0.3) is 0 Å². The topological polar surface area (TPSA) is 45.1 Å². The Balaban J connectivity index is 0.00000137. The molecule has 0 saturated heterocycles. The molecule has 102 valence electrons. The van der Waals surface area contributed by atoms with Crippen molar-refractivity contribution in [1.82, 2.24) is 0 Å². The Morgan fingerprint density at radius 2 is 2.06 bits per heavy atom. The number of ether oxygens (including phenoxy) is 1. The van der Waals surface area contributed by atoms with Gasteiger partial charge in [0.15, 0.2) is 0 Å². The molecule has 1 aromatic rings. The number of hydrogen-bond acceptors (Lipinski definition) is 3. The first-order valence-corrected chi connectivity index (χ1v) is 7.18. The first-order chi connectivity index (χ1) is 8.71. The normalized spacial score (nSPS) is 11.2. The van der Waals surface area contributed by atoms with E-state index in [1.807, 2.05) is 39.0 Å². The third-order valence-electron chi connectivity index (χ3n) is 2.22. The molecule has 18 heavy (non-hydrogen) atoms. The monoisotopic (exact) mass is 314 g/mol. The second kappa shape index (κ2) is 10.1. The van der Waals surface area contributed by atoms with Crippen molar-refractivity contribution < 1.29 is 4.74 Å². The minimum absolute atomic E-state index is 0.00451. The lowest BCUT2D eigenvalue weighted by atomic mass is 10.2. The van der Waals surface area contributed by atoms with Crippen molar-refractivity contribution in [1.29, 1.82) is 5.41 Å². The lowest BCUT2D eigenvalue weighted by Crippen LogP contribution is -2.22. The number of benzene rings is 1. The maximum absolute atomic E-state index is 7.36. The van der Waals surface area contributed by atoms with E-state index in [1.54, 1.807) is 0 Å². The van der Waals surface area contributed by atoms with Gasteiger partial charge in [0.05, 0.1) is 0 Å². The van der Waals surface area contributed by atoms with E-state index in [-0.39, 0.29) is 6.23 Å². The predicted molar refractivity (Wildman–Crippen MR) is 82.7 cm³/mol. The molecule has 0 saturated carbocycles. The first kappa shape index (κ1) is 17.1. The Morgan fingerprint density at radius 1 is 1.39 bits per heavy atom. The molecule has 0 amide bonds. The maximum Gasteiger partial charge on any atom is 0.127 e. The van der Waals surface area contributed by atoms with Crippen LogP contribution in [0, 0.1) is 5.41 Å². The van der Waals surface area contributed by atoms with Crippen LogP contribution in [-0.2, 0) is 4.74 Å². The third kappa shape index (κ3) is 5.65. The standard InChI is InChI=1S/C12H17BrN2O.C2H6/c1-3-12(16-4-2)15-11-6-5-10(13)7-9(11)8-14;1-2/h5-8,12,14-15H,3-4H2,1-2H3;1-2H3. The van der Waals surface area contributed by atoms with Crippen molar-refractivity contribution >= 4 is 27.8 Å². The highest BCUT2D eigenvalue weighted by Gasteiger charge is 2.07. The van der Waals surface area contributed by atoms with Crippen LogP contribution in [0.3, 0.4) is 0 Å². The number of halogens is 1. The zero-order valence-electron chi connectivity index (χ0n) is 11.6. The summed E-state index contributed by atoms with van der Waals surface area (Å²) in [6, 6.07) is 5.81. The van der Waals surface area contributed by atoms with E-state index in [9.17, 15) is 0 Å². The molecule has 1 rings (SSSR count). The van der Waals surface area contributed by atoms with Gasteiger partial charge < -0.3 is 15.5 Å². The quantitative estimate of drug-likeness (QED) is 0.592. The van der Waals surface area contributed by atoms with Gasteiger partial charge in [-0.05, 0) is 31.5 Å². The highest BCUT2D eigenvalue weighted by Crippen LogP contribution is 2.20. The van der Waals surface area contributed by atoms with Gasteiger partial charge in [-0.25, -0.2) is 0 Å². The molecule has 1 atom stereocenters. The smallest absolute Gasteiger partial charge is 0.127 e. The number of rotatable bonds is 6. The van der Waals surface area contributed by atoms with Gasteiger partial charge in [-0.3, -0.25) is 0 Å². The summed E-state index contributed by atoms with van der Waals surface area (Å²) in [5.74, 6) is 0. The number of nitrogens with one attached hydrogen (secondary N) is 2. The van der Waals surface area contributed by atoms with Gasteiger partial charge in [0.2, 0.25) is 0 Å². The Hall–Kier alpha value is -0.870. The molecule has 2 N–H and O–H groups in total. The summed E-state index contributed by atoms with van der Waals surface area (Å²) in [7, 11) is 0. The van der Waals surface area contributed by atoms with E-state index in [4.69, 9.17) is 10.1 Å². The average Bonchev–Trinajstić information content (AvgIpc) is 2.42. The van der Waals surface area contributed by atoms with Crippen LogP contribution in [0.5, 0.6) is 0 Å². The van der Waals surface area contributed by atoms with Crippen molar-refractivity contribution in [2.75, 3.05) is 11.9 Å². The summed E-state index contributed by atoms with van der Waals surface area (Å²) < 4.78 is 6.50. The Morgan fingerprint density at radius 3 is 2.56 bits per heavy atom. The van der Waals surface area contributed by atoms with Crippen molar-refractivity contribution in [3.05, 3.63) is 28.2 Å². The fourth-order valence-corrected chi connectivity index (χ4v) is 1.80. The summed E-state index contributed by atoms with van der Waals surface area (Å²) in [6.07, 6.45) is 2.23. The fourth-order valence-electron chi connectivity index (χ4n) is 1.42. The van der Waals surface area contributed by atoms with Crippen molar-refractivity contribution in [3.63, 3.8) is 0 Å². The van der Waals surface area contributed by atoms with Gasteiger partial charge in [0, 0.05) is 28.5 Å². The molecular formula is C14H23BrN2O. The third-order valence-corrected chi connectivity index (χ3v) is 2.72. The second-order valence-electron chi connectivity index (χ2n) is 3.37. The van der Waals surface area contributed by atoms with Crippen LogP contribution in [0.1, 0.15) is 39.7 Å². The Labute approximate surface area is 119 Å². The van der Waals surface area contributed by atoms with Crippen molar-refractivity contribution in [2.45, 2.75) is 40.3 Å². The molecule has 0 heterocycles. The van der Waals surface area contributed by atoms with Crippen molar-refractivity contribution in [2.24, 2.45) is 0 Å². The molecule has 0 radical (unpaired) electrons. The highest BCUT2D eigenvalue weighted by molar-refractivity contribution is 9.10. The summed E-state index contributed by atoms with van der Waals surface area (Å²) in [6.45, 7) is 8.72. The van der Waals surface area contributed by atoms with Crippen LogP contribution in [-0.4, -0.2) is 19.0 Å². The van der Waals surface area contributed by atoms with Crippen LogP contribution in [0.15, 0.2) is 22.7 Å². The van der Waals surface area contributed by atoms with Crippen LogP contribution < -0.4 is 5.32 Å². The molecule has 0 aromatic heterocycles. The zero-order chi connectivity index (χ0) is 14.0. The Bertz CT molecular complexity index is 356. The summed E-state index contributed by atoms with van der Waals surface area (Å²) in [5.41, 5.74) is 1.78. The summed E-state index contributed by atoms with van der Waals surface area (Å²) in [5, 5.41) is 10.6. The summed E-state index contributed by atoms with van der Waals surface area (Å²) in [4.78, 5) is 0. The van der Waals surface area contributed by atoms with E-state index in [0.717, 1.165) is 22.1 Å². The van der Waals surface area contributed by atoms with E-state index in [0.29, 0.717) is 6.61 Å². The van der Waals surface area contributed by atoms with Gasteiger partial charge in [0.1, 0.15) is 6.23 Å². The average molecular weight is 315 g/mol. The Kier molecular flexibility index (Phi) is 9.60. The number of hydrogen-bond donors (Lipinski definition) is 2. The van der Waals surface area contributed by atoms with Gasteiger partial charge in [-0.2, -0.15) is 0 Å². The molecule has 0 aliphatic carbocycles.